The monoisotopic (exact) mass is 381 g/mol. The van der Waals surface area contributed by atoms with E-state index < -0.39 is 0 Å². The minimum absolute atomic E-state index is 0.117. The summed E-state index contributed by atoms with van der Waals surface area (Å²) in [5, 5.41) is 2.97. The second-order valence-electron chi connectivity index (χ2n) is 6.94. The van der Waals surface area contributed by atoms with Crippen LogP contribution in [-0.4, -0.2) is 57.9 Å². The van der Waals surface area contributed by atoms with E-state index in [1.54, 1.807) is 21.9 Å². The number of urea groups is 1. The average molecular weight is 381 g/mol. The predicted molar refractivity (Wildman–Crippen MR) is 104 cm³/mol. The number of H-pyrrole nitrogens is 1. The Morgan fingerprint density at radius 1 is 1.18 bits per heavy atom. The van der Waals surface area contributed by atoms with E-state index in [1.807, 2.05) is 25.1 Å². The van der Waals surface area contributed by atoms with Crippen LogP contribution in [0.25, 0.3) is 11.0 Å². The summed E-state index contributed by atoms with van der Waals surface area (Å²) in [6.45, 7) is 4.58. The molecule has 0 atom stereocenters. The first kappa shape index (κ1) is 18.1. The lowest BCUT2D eigenvalue weighted by Crippen LogP contribution is -2.42. The van der Waals surface area contributed by atoms with Crippen molar-refractivity contribution in [1.29, 1.82) is 0 Å². The zero-order valence-corrected chi connectivity index (χ0v) is 15.8. The first-order chi connectivity index (χ1) is 13.6. The van der Waals surface area contributed by atoms with Crippen LogP contribution in [0.4, 0.5) is 4.79 Å². The number of fused-ring (bicyclic) bond motifs is 1. The van der Waals surface area contributed by atoms with E-state index in [-0.39, 0.29) is 11.9 Å². The van der Waals surface area contributed by atoms with Gasteiger partial charge in [0.05, 0.1) is 17.3 Å². The molecule has 0 unspecified atom stereocenters. The number of carbonyl (C=O) groups is 2. The molecule has 8 heteroatoms. The molecule has 1 aliphatic heterocycles. The van der Waals surface area contributed by atoms with Crippen LogP contribution >= 0.6 is 0 Å². The number of aryl methyl sites for hydroxylation is 1. The third kappa shape index (κ3) is 3.85. The molecule has 146 valence electrons. The second-order valence-corrected chi connectivity index (χ2v) is 6.94. The summed E-state index contributed by atoms with van der Waals surface area (Å²) >= 11 is 0. The van der Waals surface area contributed by atoms with Gasteiger partial charge >= 0.3 is 6.03 Å². The Labute approximate surface area is 162 Å². The van der Waals surface area contributed by atoms with E-state index in [2.05, 4.69) is 15.3 Å². The summed E-state index contributed by atoms with van der Waals surface area (Å²) in [5.74, 6) is 1.08. The number of nitrogens with zero attached hydrogens (tertiary/aromatic N) is 3. The Morgan fingerprint density at radius 2 is 2.00 bits per heavy atom. The van der Waals surface area contributed by atoms with Gasteiger partial charge in [0.2, 0.25) is 0 Å². The van der Waals surface area contributed by atoms with Crippen molar-refractivity contribution >= 4 is 23.0 Å². The molecule has 0 radical (unpaired) electrons. The molecule has 2 aromatic heterocycles. The van der Waals surface area contributed by atoms with Crippen molar-refractivity contribution in [2.45, 2.75) is 19.9 Å². The van der Waals surface area contributed by atoms with Gasteiger partial charge in [-0.15, -0.1) is 0 Å². The lowest BCUT2D eigenvalue weighted by Gasteiger charge is -2.22. The van der Waals surface area contributed by atoms with E-state index in [0.717, 1.165) is 28.8 Å². The Kier molecular flexibility index (Phi) is 5.01. The number of amides is 3. The van der Waals surface area contributed by atoms with Gasteiger partial charge in [0.1, 0.15) is 5.82 Å². The summed E-state index contributed by atoms with van der Waals surface area (Å²) in [5.41, 5.74) is 2.89. The van der Waals surface area contributed by atoms with Gasteiger partial charge in [0.15, 0.2) is 5.76 Å². The van der Waals surface area contributed by atoms with Gasteiger partial charge in [-0.2, -0.15) is 0 Å². The minimum Gasteiger partial charge on any atom is -0.459 e. The van der Waals surface area contributed by atoms with Crippen molar-refractivity contribution in [3.8, 4) is 0 Å². The van der Waals surface area contributed by atoms with E-state index in [0.29, 0.717) is 38.5 Å². The molecule has 0 spiro atoms. The molecule has 1 fully saturated rings. The van der Waals surface area contributed by atoms with Gasteiger partial charge < -0.3 is 24.5 Å². The average Bonchev–Trinajstić information content (AvgIpc) is 3.28. The summed E-state index contributed by atoms with van der Waals surface area (Å²) < 4.78 is 5.19. The molecule has 3 amide bonds. The van der Waals surface area contributed by atoms with Crippen LogP contribution in [-0.2, 0) is 6.54 Å². The van der Waals surface area contributed by atoms with Crippen LogP contribution in [0.3, 0.4) is 0 Å². The summed E-state index contributed by atoms with van der Waals surface area (Å²) in [4.78, 5) is 36.1. The lowest BCUT2D eigenvalue weighted by molar-refractivity contribution is 0.0730. The molecule has 2 N–H and O–H groups in total. The molecular formula is C20H23N5O3. The van der Waals surface area contributed by atoms with Crippen LogP contribution < -0.4 is 5.32 Å². The van der Waals surface area contributed by atoms with Crippen LogP contribution in [0.15, 0.2) is 41.0 Å². The SMILES string of the molecule is Cc1nc2ccc(CNC(=O)N3CCCN(C(=O)c4ccco4)CC3)cc2[nH]1. The van der Waals surface area contributed by atoms with E-state index in [1.165, 1.54) is 6.26 Å². The topological polar surface area (TPSA) is 94.5 Å². The highest BCUT2D eigenvalue weighted by Crippen LogP contribution is 2.14. The molecule has 4 rings (SSSR count). The number of hydrogen-bond donors (Lipinski definition) is 2. The fraction of sp³-hybridized carbons (Fsp3) is 0.350. The highest BCUT2D eigenvalue weighted by molar-refractivity contribution is 5.91. The summed E-state index contributed by atoms with van der Waals surface area (Å²) in [7, 11) is 0. The minimum atomic E-state index is -0.129. The number of aromatic amines is 1. The van der Waals surface area contributed by atoms with Crippen LogP contribution in [0.5, 0.6) is 0 Å². The molecule has 28 heavy (non-hydrogen) atoms. The number of rotatable bonds is 3. The van der Waals surface area contributed by atoms with Gasteiger partial charge in [-0.25, -0.2) is 9.78 Å². The molecule has 1 aliphatic rings. The molecule has 3 aromatic rings. The number of furan rings is 1. The second kappa shape index (κ2) is 7.75. The maximum absolute atomic E-state index is 12.6. The van der Waals surface area contributed by atoms with Crippen molar-refractivity contribution in [3.05, 3.63) is 53.7 Å². The number of aromatic nitrogens is 2. The largest absolute Gasteiger partial charge is 0.459 e. The molecule has 0 saturated carbocycles. The smallest absolute Gasteiger partial charge is 0.317 e. The Morgan fingerprint density at radius 3 is 2.82 bits per heavy atom. The Balaban J connectivity index is 1.32. The highest BCUT2D eigenvalue weighted by Gasteiger charge is 2.24. The van der Waals surface area contributed by atoms with Gasteiger partial charge in [0, 0.05) is 32.7 Å². The van der Waals surface area contributed by atoms with Gasteiger partial charge in [0.25, 0.3) is 5.91 Å². The molecule has 0 bridgehead atoms. The molecule has 3 heterocycles. The summed E-state index contributed by atoms with van der Waals surface area (Å²) in [6, 6.07) is 9.16. The van der Waals surface area contributed by atoms with E-state index >= 15 is 0 Å². The molecular weight excluding hydrogens is 358 g/mol. The number of hydrogen-bond acceptors (Lipinski definition) is 4. The van der Waals surface area contributed by atoms with Crippen molar-refractivity contribution in [3.63, 3.8) is 0 Å². The molecule has 1 saturated heterocycles. The maximum atomic E-state index is 12.6. The molecule has 8 nitrogen and oxygen atoms in total. The van der Waals surface area contributed by atoms with Crippen molar-refractivity contribution < 1.29 is 14.0 Å². The van der Waals surface area contributed by atoms with E-state index in [9.17, 15) is 9.59 Å². The van der Waals surface area contributed by atoms with Crippen molar-refractivity contribution in [1.82, 2.24) is 25.1 Å². The molecule has 0 aliphatic carbocycles. The summed E-state index contributed by atoms with van der Waals surface area (Å²) in [6.07, 6.45) is 2.23. The quantitative estimate of drug-likeness (QED) is 0.729. The van der Waals surface area contributed by atoms with Crippen molar-refractivity contribution in [2.24, 2.45) is 0 Å². The van der Waals surface area contributed by atoms with Gasteiger partial charge in [-0.3, -0.25) is 4.79 Å². The predicted octanol–water partition coefficient (Wildman–Crippen LogP) is 2.52. The number of nitrogens with one attached hydrogen (secondary N) is 2. The lowest BCUT2D eigenvalue weighted by atomic mass is 10.2. The number of imidazole rings is 1. The Bertz CT molecular complexity index is 979. The zero-order chi connectivity index (χ0) is 19.5. The Hall–Kier alpha value is -3.29. The van der Waals surface area contributed by atoms with E-state index in [4.69, 9.17) is 4.42 Å². The standard InChI is InChI=1S/C20H23N5O3/c1-14-22-16-6-5-15(12-17(16)23-14)13-21-20(27)25-8-3-7-24(9-10-25)19(26)18-4-2-11-28-18/h2,4-6,11-12H,3,7-10,13H2,1H3,(H,21,27)(H,22,23). The molecule has 1 aromatic carbocycles. The fourth-order valence-corrected chi connectivity index (χ4v) is 3.46. The first-order valence-corrected chi connectivity index (χ1v) is 9.41. The van der Waals surface area contributed by atoms with Gasteiger partial charge in [-0.05, 0) is 43.2 Å². The number of carbonyl (C=O) groups excluding carboxylic acids is 2. The fourth-order valence-electron chi connectivity index (χ4n) is 3.46. The van der Waals surface area contributed by atoms with Gasteiger partial charge in [-0.1, -0.05) is 6.07 Å². The normalized spacial score (nSPS) is 14.9. The third-order valence-corrected chi connectivity index (χ3v) is 4.91. The maximum Gasteiger partial charge on any atom is 0.317 e. The number of benzene rings is 1. The van der Waals surface area contributed by atoms with Crippen LogP contribution in [0.2, 0.25) is 0 Å². The van der Waals surface area contributed by atoms with Crippen molar-refractivity contribution in [2.75, 3.05) is 26.2 Å². The van der Waals surface area contributed by atoms with Crippen LogP contribution in [0, 0.1) is 6.92 Å². The third-order valence-electron chi connectivity index (χ3n) is 4.91. The highest BCUT2D eigenvalue weighted by atomic mass is 16.3. The zero-order valence-electron chi connectivity index (χ0n) is 15.8. The first-order valence-electron chi connectivity index (χ1n) is 9.41. The van der Waals surface area contributed by atoms with Crippen LogP contribution in [0.1, 0.15) is 28.4 Å².